The fourth-order valence-corrected chi connectivity index (χ4v) is 2.82. The van der Waals surface area contributed by atoms with E-state index in [1.165, 1.54) is 26.4 Å². The van der Waals surface area contributed by atoms with Crippen LogP contribution < -0.4 is 9.47 Å². The number of phenols is 2. The lowest BCUT2D eigenvalue weighted by Crippen LogP contribution is -2.21. The number of ketones is 1. The van der Waals surface area contributed by atoms with Crippen molar-refractivity contribution in [3.05, 3.63) is 58.7 Å². The average Bonchev–Trinajstić information content (AvgIpc) is 2.65. The molecule has 0 unspecified atom stereocenters. The monoisotopic (exact) mass is 368 g/mol. The molecule has 6 nitrogen and oxygen atoms in total. The quantitative estimate of drug-likeness (QED) is 0.807. The molecule has 1 saturated heterocycles. The second kappa shape index (κ2) is 7.97. The SMILES string of the molecule is COc1ccc(/C=C2\COC/C(=C\c3ccc(OC)c(O)c3)C2=O)cc1O. The number of aromatic hydroxyl groups is 2. The third kappa shape index (κ3) is 4.12. The largest absolute Gasteiger partial charge is 0.504 e. The Bertz CT molecular complexity index is 853. The lowest BCUT2D eigenvalue weighted by atomic mass is 9.97. The van der Waals surface area contributed by atoms with Gasteiger partial charge in [0, 0.05) is 11.1 Å². The number of carbonyl (C=O) groups is 1. The molecule has 0 aromatic heterocycles. The maximum absolute atomic E-state index is 12.8. The van der Waals surface area contributed by atoms with E-state index in [1.807, 2.05) is 0 Å². The van der Waals surface area contributed by atoms with Gasteiger partial charge in [-0.1, -0.05) is 12.1 Å². The van der Waals surface area contributed by atoms with Crippen molar-refractivity contribution in [2.45, 2.75) is 0 Å². The third-order valence-corrected chi connectivity index (χ3v) is 4.19. The minimum absolute atomic E-state index is 0.000463. The Kier molecular flexibility index (Phi) is 5.47. The summed E-state index contributed by atoms with van der Waals surface area (Å²) in [4.78, 5) is 12.8. The summed E-state index contributed by atoms with van der Waals surface area (Å²) >= 11 is 0. The van der Waals surface area contributed by atoms with E-state index in [2.05, 4.69) is 0 Å². The van der Waals surface area contributed by atoms with Crippen LogP contribution in [-0.2, 0) is 9.53 Å². The highest BCUT2D eigenvalue weighted by molar-refractivity contribution is 6.14. The summed E-state index contributed by atoms with van der Waals surface area (Å²) in [6.45, 7) is 0.383. The number of phenolic OH excluding ortho intramolecular Hbond substituents is 2. The number of hydrogen-bond acceptors (Lipinski definition) is 6. The molecule has 1 aliphatic rings. The molecule has 1 aliphatic heterocycles. The van der Waals surface area contributed by atoms with Gasteiger partial charge in [-0.05, 0) is 47.5 Å². The topological polar surface area (TPSA) is 85.2 Å². The van der Waals surface area contributed by atoms with Gasteiger partial charge in [-0.3, -0.25) is 4.79 Å². The summed E-state index contributed by atoms with van der Waals surface area (Å²) in [5.41, 5.74) is 2.30. The molecule has 2 aromatic carbocycles. The first-order chi connectivity index (χ1) is 13.0. The predicted octanol–water partition coefficient (Wildman–Crippen LogP) is 3.18. The van der Waals surface area contributed by atoms with E-state index in [0.29, 0.717) is 33.8 Å². The van der Waals surface area contributed by atoms with Gasteiger partial charge in [-0.2, -0.15) is 0 Å². The first-order valence-electron chi connectivity index (χ1n) is 8.29. The average molecular weight is 368 g/mol. The molecule has 0 aliphatic carbocycles. The van der Waals surface area contributed by atoms with Crippen LogP contribution in [-0.4, -0.2) is 43.4 Å². The van der Waals surface area contributed by atoms with Crippen molar-refractivity contribution < 1.29 is 29.2 Å². The molecular weight excluding hydrogens is 348 g/mol. The third-order valence-electron chi connectivity index (χ3n) is 4.19. The molecule has 0 atom stereocenters. The molecule has 0 radical (unpaired) electrons. The standard InChI is InChI=1S/C21H20O6/c1-25-19-5-3-13(9-17(19)22)7-15-11-27-12-16(21(15)24)8-14-4-6-20(26-2)18(23)10-14/h3-10,22-23H,11-12H2,1-2H3/b15-7+,16-8+. The van der Waals surface area contributed by atoms with Gasteiger partial charge < -0.3 is 24.4 Å². The highest BCUT2D eigenvalue weighted by Gasteiger charge is 2.21. The number of methoxy groups -OCH3 is 2. The van der Waals surface area contributed by atoms with Crippen molar-refractivity contribution in [2.24, 2.45) is 0 Å². The highest BCUT2D eigenvalue weighted by Crippen LogP contribution is 2.30. The van der Waals surface area contributed by atoms with Crippen LogP contribution in [0.5, 0.6) is 23.0 Å². The zero-order chi connectivity index (χ0) is 19.4. The Morgan fingerprint density at radius 2 is 1.30 bits per heavy atom. The number of benzene rings is 2. The Morgan fingerprint density at radius 1 is 0.852 bits per heavy atom. The minimum Gasteiger partial charge on any atom is -0.504 e. The fourth-order valence-electron chi connectivity index (χ4n) is 2.82. The maximum atomic E-state index is 12.8. The lowest BCUT2D eigenvalue weighted by Gasteiger charge is -2.17. The van der Waals surface area contributed by atoms with E-state index in [1.54, 1.807) is 36.4 Å². The summed E-state index contributed by atoms with van der Waals surface area (Å²) < 4.78 is 15.6. The van der Waals surface area contributed by atoms with Crippen molar-refractivity contribution in [3.63, 3.8) is 0 Å². The van der Waals surface area contributed by atoms with Gasteiger partial charge in [-0.25, -0.2) is 0 Å². The number of Topliss-reactive ketones (excluding diaryl/α,β-unsaturated/α-hetero) is 1. The summed E-state index contributed by atoms with van der Waals surface area (Å²) in [6.07, 6.45) is 3.36. The van der Waals surface area contributed by atoms with Crippen LogP contribution in [0.25, 0.3) is 12.2 Å². The first kappa shape index (κ1) is 18.5. The molecule has 2 aromatic rings. The molecule has 2 N–H and O–H groups in total. The first-order valence-corrected chi connectivity index (χ1v) is 8.29. The van der Waals surface area contributed by atoms with Crippen LogP contribution in [0.1, 0.15) is 11.1 Å². The molecule has 0 amide bonds. The maximum Gasteiger partial charge on any atom is 0.189 e. The Balaban J connectivity index is 1.87. The van der Waals surface area contributed by atoms with Gasteiger partial charge in [0.15, 0.2) is 28.8 Å². The van der Waals surface area contributed by atoms with E-state index in [4.69, 9.17) is 14.2 Å². The van der Waals surface area contributed by atoms with E-state index < -0.39 is 0 Å². The molecule has 6 heteroatoms. The van der Waals surface area contributed by atoms with E-state index in [0.717, 1.165) is 0 Å². The molecule has 0 spiro atoms. The fraction of sp³-hybridized carbons (Fsp3) is 0.190. The van der Waals surface area contributed by atoms with Crippen LogP contribution in [0, 0.1) is 0 Å². The minimum atomic E-state index is -0.133. The van der Waals surface area contributed by atoms with E-state index in [9.17, 15) is 15.0 Å². The molecule has 3 rings (SSSR count). The Hall–Kier alpha value is -3.25. The molecule has 1 fully saturated rings. The summed E-state index contributed by atoms with van der Waals surface area (Å²) in [5, 5.41) is 19.8. The van der Waals surface area contributed by atoms with Gasteiger partial charge in [0.1, 0.15) is 0 Å². The lowest BCUT2D eigenvalue weighted by molar-refractivity contribution is -0.114. The molecular formula is C21H20O6. The van der Waals surface area contributed by atoms with Crippen LogP contribution in [0.4, 0.5) is 0 Å². The predicted molar refractivity (Wildman–Crippen MR) is 101 cm³/mol. The zero-order valence-corrected chi connectivity index (χ0v) is 15.1. The van der Waals surface area contributed by atoms with Crippen molar-refractivity contribution in [1.82, 2.24) is 0 Å². The number of ether oxygens (including phenoxy) is 3. The zero-order valence-electron chi connectivity index (χ0n) is 15.1. The van der Waals surface area contributed by atoms with E-state index >= 15 is 0 Å². The van der Waals surface area contributed by atoms with Crippen LogP contribution in [0.2, 0.25) is 0 Å². The molecule has 140 valence electrons. The van der Waals surface area contributed by atoms with Crippen molar-refractivity contribution in [3.8, 4) is 23.0 Å². The Morgan fingerprint density at radius 3 is 1.67 bits per heavy atom. The van der Waals surface area contributed by atoms with E-state index in [-0.39, 0.29) is 30.5 Å². The van der Waals surface area contributed by atoms with Gasteiger partial charge >= 0.3 is 0 Å². The van der Waals surface area contributed by atoms with Gasteiger partial charge in [0.05, 0.1) is 27.4 Å². The second-order valence-electron chi connectivity index (χ2n) is 6.02. The van der Waals surface area contributed by atoms with Crippen LogP contribution >= 0.6 is 0 Å². The van der Waals surface area contributed by atoms with Crippen LogP contribution in [0.3, 0.4) is 0 Å². The Labute approximate surface area is 156 Å². The number of rotatable bonds is 4. The summed E-state index contributed by atoms with van der Waals surface area (Å²) in [5.74, 6) is 0.597. The highest BCUT2D eigenvalue weighted by atomic mass is 16.5. The van der Waals surface area contributed by atoms with Gasteiger partial charge in [0.25, 0.3) is 0 Å². The van der Waals surface area contributed by atoms with Gasteiger partial charge in [0.2, 0.25) is 0 Å². The molecule has 0 bridgehead atoms. The molecule has 0 saturated carbocycles. The van der Waals surface area contributed by atoms with Crippen molar-refractivity contribution in [2.75, 3.05) is 27.4 Å². The second-order valence-corrected chi connectivity index (χ2v) is 6.02. The van der Waals surface area contributed by atoms with Crippen LogP contribution in [0.15, 0.2) is 47.5 Å². The van der Waals surface area contributed by atoms with Gasteiger partial charge in [-0.15, -0.1) is 0 Å². The van der Waals surface area contributed by atoms with Crippen molar-refractivity contribution >= 4 is 17.9 Å². The summed E-state index contributed by atoms with van der Waals surface area (Å²) in [7, 11) is 2.94. The number of hydrogen-bond donors (Lipinski definition) is 2. The number of carbonyl (C=O) groups excluding carboxylic acids is 1. The summed E-state index contributed by atoms with van der Waals surface area (Å²) in [6, 6.07) is 9.81. The molecule has 1 heterocycles. The smallest absolute Gasteiger partial charge is 0.189 e. The van der Waals surface area contributed by atoms with Crippen molar-refractivity contribution in [1.29, 1.82) is 0 Å². The molecule has 27 heavy (non-hydrogen) atoms. The normalized spacial score (nSPS) is 17.3.